The van der Waals surface area contributed by atoms with Crippen molar-refractivity contribution in [2.45, 2.75) is 19.9 Å². The van der Waals surface area contributed by atoms with Gasteiger partial charge in [0, 0.05) is 48.4 Å². The molecule has 0 unspecified atom stereocenters. The number of ether oxygens (including phenoxy) is 1. The normalized spacial score (nSPS) is 14.3. The molecule has 7 nitrogen and oxygen atoms in total. The molecule has 0 atom stereocenters. The minimum absolute atomic E-state index is 0.00102. The summed E-state index contributed by atoms with van der Waals surface area (Å²) in [4.78, 5) is 40.6. The summed E-state index contributed by atoms with van der Waals surface area (Å²) in [5.41, 5.74) is 1.09. The van der Waals surface area contributed by atoms with Crippen LogP contribution >= 0.6 is 11.6 Å². The van der Waals surface area contributed by atoms with Crippen LogP contribution in [0.3, 0.4) is 0 Å². The molecule has 0 spiro atoms. The third-order valence-electron chi connectivity index (χ3n) is 5.13. The second-order valence-electron chi connectivity index (χ2n) is 8.03. The maximum Gasteiger partial charge on any atom is 0.260 e. The molecule has 170 valence electrons. The Bertz CT molecular complexity index is 937. The number of halogens is 1. The van der Waals surface area contributed by atoms with Gasteiger partial charge in [0.05, 0.1) is 6.54 Å². The van der Waals surface area contributed by atoms with Crippen molar-refractivity contribution in [3.8, 4) is 5.75 Å². The van der Waals surface area contributed by atoms with Gasteiger partial charge < -0.3 is 15.0 Å². The lowest BCUT2D eigenvalue weighted by Crippen LogP contribution is -2.52. The van der Waals surface area contributed by atoms with Crippen molar-refractivity contribution < 1.29 is 19.1 Å². The van der Waals surface area contributed by atoms with E-state index in [1.165, 1.54) is 0 Å². The number of nitrogens with one attached hydrogen (secondary N) is 1. The van der Waals surface area contributed by atoms with E-state index in [1.54, 1.807) is 53.4 Å². The fourth-order valence-corrected chi connectivity index (χ4v) is 3.56. The zero-order valence-corrected chi connectivity index (χ0v) is 19.1. The Labute approximate surface area is 193 Å². The van der Waals surface area contributed by atoms with Gasteiger partial charge in [-0.2, -0.15) is 0 Å². The predicted molar refractivity (Wildman–Crippen MR) is 123 cm³/mol. The van der Waals surface area contributed by atoms with Crippen molar-refractivity contribution in [3.05, 3.63) is 64.7 Å². The molecule has 8 heteroatoms. The Morgan fingerprint density at radius 3 is 2.06 bits per heavy atom. The second kappa shape index (κ2) is 11.1. The fraction of sp³-hybridized carbons (Fsp3) is 0.375. The zero-order valence-electron chi connectivity index (χ0n) is 18.3. The van der Waals surface area contributed by atoms with Gasteiger partial charge in [-0.1, -0.05) is 11.6 Å². The summed E-state index contributed by atoms with van der Waals surface area (Å²) in [5.74, 6) is 0.318. The molecule has 0 aromatic heterocycles. The molecule has 2 aromatic rings. The van der Waals surface area contributed by atoms with Crippen LogP contribution in [0, 0.1) is 0 Å². The molecule has 0 radical (unpaired) electrons. The van der Waals surface area contributed by atoms with Gasteiger partial charge in [-0.25, -0.2) is 0 Å². The maximum atomic E-state index is 12.5. The van der Waals surface area contributed by atoms with Crippen molar-refractivity contribution in [1.82, 2.24) is 15.1 Å². The number of amides is 2. The summed E-state index contributed by atoms with van der Waals surface area (Å²) in [7, 11) is 0. The zero-order chi connectivity index (χ0) is 23.1. The highest BCUT2D eigenvalue weighted by Crippen LogP contribution is 2.17. The van der Waals surface area contributed by atoms with Crippen LogP contribution in [0.2, 0.25) is 5.02 Å². The lowest BCUT2D eigenvalue weighted by molar-refractivity contribution is -0.135. The van der Waals surface area contributed by atoms with E-state index < -0.39 is 0 Å². The quantitative estimate of drug-likeness (QED) is 0.616. The average Bonchev–Trinajstić information content (AvgIpc) is 2.78. The first-order valence-corrected chi connectivity index (χ1v) is 11.0. The monoisotopic (exact) mass is 457 g/mol. The third kappa shape index (κ3) is 6.80. The Morgan fingerprint density at radius 2 is 1.50 bits per heavy atom. The molecule has 32 heavy (non-hydrogen) atoms. The number of hydrogen-bond donors (Lipinski definition) is 1. The van der Waals surface area contributed by atoms with Crippen LogP contribution < -0.4 is 10.1 Å². The highest BCUT2D eigenvalue weighted by molar-refractivity contribution is 6.30. The highest BCUT2D eigenvalue weighted by Gasteiger charge is 2.23. The van der Waals surface area contributed by atoms with Gasteiger partial charge in [0.15, 0.2) is 12.4 Å². The highest BCUT2D eigenvalue weighted by atomic mass is 35.5. The number of piperazine rings is 1. The molecule has 2 aromatic carbocycles. The first-order chi connectivity index (χ1) is 15.3. The summed E-state index contributed by atoms with van der Waals surface area (Å²) >= 11 is 5.87. The van der Waals surface area contributed by atoms with E-state index in [2.05, 4.69) is 5.32 Å². The first kappa shape index (κ1) is 23.8. The average molecular weight is 458 g/mol. The number of nitrogens with zero attached hydrogens (tertiary/aromatic N) is 2. The molecular formula is C24H28ClN3O4. The number of carbonyl (C=O) groups is 3. The summed E-state index contributed by atoms with van der Waals surface area (Å²) in [6, 6.07) is 13.6. The van der Waals surface area contributed by atoms with Crippen molar-refractivity contribution in [1.29, 1.82) is 0 Å². The molecule has 1 aliphatic rings. The topological polar surface area (TPSA) is 79.0 Å². The van der Waals surface area contributed by atoms with Gasteiger partial charge in [0.1, 0.15) is 5.75 Å². The minimum Gasteiger partial charge on any atom is -0.484 e. The van der Waals surface area contributed by atoms with E-state index in [0.717, 1.165) is 0 Å². The molecule has 1 heterocycles. The van der Waals surface area contributed by atoms with Crippen LogP contribution in [0.25, 0.3) is 0 Å². The lowest BCUT2D eigenvalue weighted by atomic mass is 10.0. The summed E-state index contributed by atoms with van der Waals surface area (Å²) < 4.78 is 5.61. The number of rotatable bonds is 8. The van der Waals surface area contributed by atoms with Gasteiger partial charge in [-0.3, -0.25) is 19.3 Å². The molecule has 1 aliphatic heterocycles. The Balaban J connectivity index is 1.44. The summed E-state index contributed by atoms with van der Waals surface area (Å²) in [6.45, 7) is 6.56. The smallest absolute Gasteiger partial charge is 0.260 e. The van der Waals surface area contributed by atoms with Gasteiger partial charge in [0.25, 0.3) is 5.91 Å². The van der Waals surface area contributed by atoms with Crippen molar-refractivity contribution >= 4 is 29.2 Å². The van der Waals surface area contributed by atoms with Crippen LogP contribution in [-0.4, -0.2) is 72.8 Å². The van der Waals surface area contributed by atoms with E-state index in [-0.39, 0.29) is 30.2 Å². The van der Waals surface area contributed by atoms with Gasteiger partial charge >= 0.3 is 0 Å². The van der Waals surface area contributed by atoms with E-state index in [1.807, 2.05) is 18.7 Å². The SMILES string of the molecule is CC(C)NC(=O)CN1CCN(C(=O)COc2ccc(C(=O)c3ccc(Cl)cc3)cc2)CC1. The third-order valence-corrected chi connectivity index (χ3v) is 5.38. The van der Waals surface area contributed by atoms with Crippen molar-refractivity contribution in [2.75, 3.05) is 39.3 Å². The van der Waals surface area contributed by atoms with Crippen LogP contribution in [0.5, 0.6) is 5.75 Å². The molecule has 0 saturated carbocycles. The minimum atomic E-state index is -0.107. The Kier molecular flexibility index (Phi) is 8.25. The van der Waals surface area contributed by atoms with Crippen molar-refractivity contribution in [3.63, 3.8) is 0 Å². The fourth-order valence-electron chi connectivity index (χ4n) is 3.43. The molecule has 0 aliphatic carbocycles. The van der Waals surface area contributed by atoms with E-state index in [0.29, 0.717) is 54.6 Å². The molecule has 2 amide bonds. The summed E-state index contributed by atoms with van der Waals surface area (Å²) in [6.07, 6.45) is 0. The standard InChI is InChI=1S/C24H28ClN3O4/c1-17(2)26-22(29)15-27-11-13-28(14-12-27)23(30)16-32-21-9-5-19(6-10-21)24(31)18-3-7-20(25)8-4-18/h3-10,17H,11-16H2,1-2H3,(H,26,29). The lowest BCUT2D eigenvalue weighted by Gasteiger charge is -2.34. The Morgan fingerprint density at radius 1 is 0.938 bits per heavy atom. The molecular weight excluding hydrogens is 430 g/mol. The van der Waals surface area contributed by atoms with Gasteiger partial charge in [-0.15, -0.1) is 0 Å². The number of carbonyl (C=O) groups excluding carboxylic acids is 3. The number of benzene rings is 2. The molecule has 3 rings (SSSR count). The van der Waals surface area contributed by atoms with Gasteiger partial charge in [0.2, 0.25) is 5.91 Å². The van der Waals surface area contributed by atoms with E-state index in [9.17, 15) is 14.4 Å². The molecule has 1 saturated heterocycles. The van der Waals surface area contributed by atoms with E-state index >= 15 is 0 Å². The molecule has 0 bridgehead atoms. The largest absolute Gasteiger partial charge is 0.484 e. The van der Waals surface area contributed by atoms with Crippen LogP contribution in [0.4, 0.5) is 0 Å². The van der Waals surface area contributed by atoms with Gasteiger partial charge in [-0.05, 0) is 62.4 Å². The molecule has 1 N–H and O–H groups in total. The maximum absolute atomic E-state index is 12.5. The summed E-state index contributed by atoms with van der Waals surface area (Å²) in [5, 5.41) is 3.45. The second-order valence-corrected chi connectivity index (χ2v) is 8.46. The number of hydrogen-bond acceptors (Lipinski definition) is 5. The van der Waals surface area contributed by atoms with Crippen LogP contribution in [0.1, 0.15) is 29.8 Å². The van der Waals surface area contributed by atoms with Crippen molar-refractivity contribution in [2.24, 2.45) is 0 Å². The molecule has 1 fully saturated rings. The number of ketones is 1. The predicted octanol–water partition coefficient (Wildman–Crippen LogP) is 2.62. The Hall–Kier alpha value is -2.90. The van der Waals surface area contributed by atoms with Crippen LogP contribution in [0.15, 0.2) is 48.5 Å². The first-order valence-electron chi connectivity index (χ1n) is 10.6. The van der Waals surface area contributed by atoms with Crippen LogP contribution in [-0.2, 0) is 9.59 Å². The van der Waals surface area contributed by atoms with E-state index in [4.69, 9.17) is 16.3 Å².